The molecule has 0 saturated heterocycles. The lowest BCUT2D eigenvalue weighted by Crippen LogP contribution is -2.40. The normalized spacial score (nSPS) is 14.2. The van der Waals surface area contributed by atoms with E-state index in [9.17, 15) is 14.7 Å². The first kappa shape index (κ1) is 41.3. The van der Waals surface area contributed by atoms with Gasteiger partial charge in [0.15, 0.2) is 8.68 Å². The predicted octanol–water partition coefficient (Wildman–Crippen LogP) is 9.34. The van der Waals surface area contributed by atoms with Crippen molar-refractivity contribution in [3.8, 4) is 0 Å². The Kier molecular flexibility index (Phi) is 17.4. The van der Waals surface area contributed by atoms with Crippen molar-refractivity contribution in [1.29, 1.82) is 0 Å². The summed E-state index contributed by atoms with van der Waals surface area (Å²) in [6, 6.07) is 16.8. The van der Waals surface area contributed by atoms with Crippen molar-refractivity contribution in [2.24, 2.45) is 11.3 Å². The topological polar surface area (TPSA) is 108 Å². The number of hydrogen-bond donors (Lipinski definition) is 1. The maximum atomic E-state index is 13.5. The summed E-state index contributed by atoms with van der Waals surface area (Å²) in [5, 5.41) is 19.5. The second kappa shape index (κ2) is 20.7. The highest BCUT2D eigenvalue weighted by Gasteiger charge is 2.41. The van der Waals surface area contributed by atoms with Gasteiger partial charge in [0.05, 0.1) is 17.9 Å². The first-order chi connectivity index (χ1) is 23.4. The van der Waals surface area contributed by atoms with Crippen LogP contribution in [0.3, 0.4) is 0 Å². The van der Waals surface area contributed by atoms with Crippen molar-refractivity contribution < 1.29 is 28.3 Å². The highest BCUT2D eigenvalue weighted by molar-refractivity contribution is 8.02. The maximum Gasteiger partial charge on any atom is 0.344 e. The van der Waals surface area contributed by atoms with Crippen LogP contribution in [0.5, 0.6) is 0 Å². The molecule has 3 unspecified atom stereocenters. The first-order valence-corrected chi connectivity index (χ1v) is 22.9. The summed E-state index contributed by atoms with van der Waals surface area (Å²) in [5.74, 6) is 0.0340. The summed E-state index contributed by atoms with van der Waals surface area (Å²) < 4.78 is 18.7. The number of carboxylic acids is 1. The number of nitrogens with zero attached hydrogens (tertiary/aromatic N) is 2. The van der Waals surface area contributed by atoms with Gasteiger partial charge < -0.3 is 18.7 Å². The van der Waals surface area contributed by atoms with Crippen LogP contribution < -0.4 is 0 Å². The Bertz CT molecular complexity index is 1470. The summed E-state index contributed by atoms with van der Waals surface area (Å²) in [6.07, 6.45) is 4.20. The van der Waals surface area contributed by atoms with E-state index in [0.717, 1.165) is 44.2 Å². The second-order valence-electron chi connectivity index (χ2n) is 12.6. The van der Waals surface area contributed by atoms with E-state index in [1.165, 1.54) is 22.9 Å². The van der Waals surface area contributed by atoms with E-state index in [-0.39, 0.29) is 18.3 Å². The summed E-state index contributed by atoms with van der Waals surface area (Å²) in [4.78, 5) is 25.9. The van der Waals surface area contributed by atoms with E-state index in [1.807, 2.05) is 26.5 Å². The van der Waals surface area contributed by atoms with Crippen LogP contribution >= 0.6 is 46.6 Å². The number of carbonyl (C=O) groups is 2. The first-order valence-electron chi connectivity index (χ1n) is 16.4. The SMILES string of the molecule is C=Cc1ccc(CSc2nnc(SCc3ccc(C(C)CC(C)(CC(CSC[Si](C)(OC)OC)C(=O)O)C(=O)OCCCC)cc3)s2)cc1. The molecule has 0 radical (unpaired) electrons. The van der Waals surface area contributed by atoms with E-state index in [1.54, 1.807) is 49.1 Å². The van der Waals surface area contributed by atoms with Gasteiger partial charge in [-0.1, -0.05) is 116 Å². The standard InChI is InChI=1S/C36H50N2O6S4Si/c1-8-10-19-44-33(41)36(4,21-31(32(39)40)24-45-25-49(7,42-5)43-6)20-26(3)30-17-15-29(16-18-30)23-47-35-38-37-34(48-35)46-22-28-13-11-27(9-2)12-14-28/h9,11-18,26,31H,2,8,10,19-25H2,1,3-7H3,(H,39,40). The van der Waals surface area contributed by atoms with Gasteiger partial charge in [-0.25, -0.2) is 0 Å². The third kappa shape index (κ3) is 13.5. The number of benzene rings is 2. The quantitative estimate of drug-likeness (QED) is 0.0432. The molecule has 0 aliphatic heterocycles. The van der Waals surface area contributed by atoms with Crippen LogP contribution in [0.1, 0.15) is 74.6 Å². The number of aliphatic carboxylic acids is 1. The van der Waals surface area contributed by atoms with Crippen molar-refractivity contribution in [1.82, 2.24) is 10.2 Å². The summed E-state index contributed by atoms with van der Waals surface area (Å²) in [7, 11) is 0.902. The van der Waals surface area contributed by atoms with Crippen LogP contribution in [0.2, 0.25) is 6.55 Å². The van der Waals surface area contributed by atoms with Crippen molar-refractivity contribution in [3.63, 3.8) is 0 Å². The van der Waals surface area contributed by atoms with Crippen LogP contribution in [0.25, 0.3) is 6.08 Å². The van der Waals surface area contributed by atoms with Crippen LogP contribution in [0.15, 0.2) is 63.8 Å². The molecule has 0 aliphatic rings. The minimum absolute atomic E-state index is 0.0147. The molecular weight excluding hydrogens is 713 g/mol. The monoisotopic (exact) mass is 762 g/mol. The van der Waals surface area contributed by atoms with Gasteiger partial charge >= 0.3 is 20.5 Å². The van der Waals surface area contributed by atoms with Gasteiger partial charge in [0, 0.05) is 36.9 Å². The molecule has 0 spiro atoms. The lowest BCUT2D eigenvalue weighted by atomic mass is 9.73. The number of hydrogen-bond acceptors (Lipinski definition) is 11. The minimum Gasteiger partial charge on any atom is -0.481 e. The second-order valence-corrected chi connectivity index (χ2v) is 21.0. The highest BCUT2D eigenvalue weighted by Crippen LogP contribution is 2.40. The largest absolute Gasteiger partial charge is 0.481 e. The van der Waals surface area contributed by atoms with Gasteiger partial charge in [0.1, 0.15) is 0 Å². The Labute approximate surface area is 309 Å². The molecule has 0 aliphatic carbocycles. The number of esters is 1. The predicted molar refractivity (Wildman–Crippen MR) is 208 cm³/mol. The van der Waals surface area contributed by atoms with E-state index in [2.05, 4.69) is 72.2 Å². The molecule has 49 heavy (non-hydrogen) atoms. The fourth-order valence-corrected chi connectivity index (χ4v) is 11.7. The van der Waals surface area contributed by atoms with Crippen molar-refractivity contribution in [2.45, 2.75) is 79.1 Å². The minimum atomic E-state index is -2.35. The molecule has 1 N–H and O–H groups in total. The van der Waals surface area contributed by atoms with Gasteiger partial charge in [-0.2, -0.15) is 11.8 Å². The fourth-order valence-electron chi connectivity index (χ4n) is 5.17. The van der Waals surface area contributed by atoms with E-state index >= 15 is 0 Å². The lowest BCUT2D eigenvalue weighted by molar-refractivity contribution is -0.158. The third-order valence-electron chi connectivity index (χ3n) is 8.45. The third-order valence-corrected chi connectivity index (χ3v) is 17.1. The van der Waals surface area contributed by atoms with Crippen LogP contribution in [-0.4, -0.2) is 67.8 Å². The van der Waals surface area contributed by atoms with E-state index < -0.39 is 25.9 Å². The van der Waals surface area contributed by atoms with Gasteiger partial charge in [-0.3, -0.25) is 9.59 Å². The average Bonchev–Trinajstić information content (AvgIpc) is 3.57. The highest BCUT2D eigenvalue weighted by atomic mass is 32.2. The van der Waals surface area contributed by atoms with E-state index in [4.69, 9.17) is 13.6 Å². The van der Waals surface area contributed by atoms with Gasteiger partial charge in [0.2, 0.25) is 0 Å². The van der Waals surface area contributed by atoms with Crippen molar-refractivity contribution in [2.75, 3.05) is 32.0 Å². The van der Waals surface area contributed by atoms with Crippen molar-refractivity contribution >= 4 is 73.2 Å². The zero-order valence-electron chi connectivity index (χ0n) is 29.4. The number of carboxylic acid groups (broad SMARTS) is 1. The molecule has 8 nitrogen and oxygen atoms in total. The Morgan fingerprint density at radius 2 is 1.57 bits per heavy atom. The summed E-state index contributed by atoms with van der Waals surface area (Å²) in [6.45, 7) is 12.1. The molecule has 3 aromatic rings. The lowest BCUT2D eigenvalue weighted by Gasteiger charge is -2.33. The summed E-state index contributed by atoms with van der Waals surface area (Å²) >= 11 is 6.47. The number of unbranched alkanes of at least 4 members (excludes halogenated alkanes) is 1. The number of aromatic nitrogens is 2. The molecule has 268 valence electrons. The average molecular weight is 763 g/mol. The van der Waals surface area contributed by atoms with Crippen LogP contribution in [0, 0.1) is 11.3 Å². The Hall–Kier alpha value is -2.13. The molecule has 0 bridgehead atoms. The Balaban J connectivity index is 1.61. The zero-order valence-corrected chi connectivity index (χ0v) is 33.7. The number of thioether (sulfide) groups is 3. The fraction of sp³-hybridized carbons (Fsp3) is 0.500. The van der Waals surface area contributed by atoms with Crippen LogP contribution in [-0.2, 0) is 34.7 Å². The number of carbonyl (C=O) groups excluding carboxylic acids is 1. The van der Waals surface area contributed by atoms with Crippen molar-refractivity contribution in [3.05, 3.63) is 77.4 Å². The Morgan fingerprint density at radius 1 is 1.00 bits per heavy atom. The molecular formula is C36H50N2O6S4Si. The van der Waals surface area contributed by atoms with E-state index in [0.29, 0.717) is 24.2 Å². The molecule has 1 aromatic heterocycles. The van der Waals surface area contributed by atoms with Gasteiger partial charge in [-0.05, 0) is 60.9 Å². The zero-order chi connectivity index (χ0) is 35.9. The molecule has 3 atom stereocenters. The molecule has 0 amide bonds. The number of ether oxygens (including phenoxy) is 1. The molecule has 1 heterocycles. The van der Waals surface area contributed by atoms with Crippen LogP contribution in [0.4, 0.5) is 0 Å². The Morgan fingerprint density at radius 3 is 2.08 bits per heavy atom. The molecule has 0 fully saturated rings. The van der Waals surface area contributed by atoms with Gasteiger partial charge in [-0.15, -0.1) is 10.2 Å². The molecule has 2 aromatic carbocycles. The number of rotatable bonds is 23. The summed E-state index contributed by atoms with van der Waals surface area (Å²) in [5.41, 5.74) is 3.65. The maximum absolute atomic E-state index is 13.5. The molecule has 0 saturated carbocycles. The van der Waals surface area contributed by atoms with Gasteiger partial charge in [0.25, 0.3) is 0 Å². The molecule has 13 heteroatoms. The smallest absolute Gasteiger partial charge is 0.344 e. The molecule has 3 rings (SSSR count).